The first-order valence-electron chi connectivity index (χ1n) is 10.9. The molecule has 0 unspecified atom stereocenters. The lowest BCUT2D eigenvalue weighted by Crippen LogP contribution is -2.48. The van der Waals surface area contributed by atoms with Crippen molar-refractivity contribution in [2.75, 3.05) is 0 Å². The molecule has 0 bridgehead atoms. The Morgan fingerprint density at radius 3 is 1.22 bits per heavy atom. The number of benzene rings is 2. The Kier molecular flexibility index (Phi) is 6.41. The summed E-state index contributed by atoms with van der Waals surface area (Å²) < 4.78 is 91.1. The SMILES string of the molecule is Cc1sc(-c2ccc(S)cc2)cc1C1=C(c2cc(-c3ccc(S)cc3)sc2C)C(F)(F)C(F)(F)C1(F)F. The van der Waals surface area contributed by atoms with Crippen LogP contribution in [-0.4, -0.2) is 17.8 Å². The summed E-state index contributed by atoms with van der Waals surface area (Å²) in [6.45, 7) is 2.94. The highest BCUT2D eigenvalue weighted by atomic mass is 32.1. The maximum atomic E-state index is 15.4. The van der Waals surface area contributed by atoms with Crippen LogP contribution < -0.4 is 0 Å². The molecule has 0 saturated carbocycles. The van der Waals surface area contributed by atoms with Gasteiger partial charge in [0, 0.05) is 40.4 Å². The van der Waals surface area contributed by atoms with Gasteiger partial charge in [-0.25, -0.2) is 0 Å². The highest BCUT2D eigenvalue weighted by Crippen LogP contribution is 2.66. The van der Waals surface area contributed by atoms with Crippen LogP contribution in [0.15, 0.2) is 70.5 Å². The largest absolute Gasteiger partial charge is 0.380 e. The number of hydrogen-bond donors (Lipinski definition) is 2. The van der Waals surface area contributed by atoms with Gasteiger partial charge < -0.3 is 0 Å². The molecule has 5 rings (SSSR count). The van der Waals surface area contributed by atoms with Crippen molar-refractivity contribution in [1.82, 2.24) is 0 Å². The van der Waals surface area contributed by atoms with Crippen LogP contribution in [-0.2, 0) is 0 Å². The Hall–Kier alpha value is -2.14. The number of hydrogen-bond acceptors (Lipinski definition) is 4. The Morgan fingerprint density at radius 1 is 0.568 bits per heavy atom. The van der Waals surface area contributed by atoms with E-state index in [1.54, 1.807) is 48.5 Å². The van der Waals surface area contributed by atoms with Gasteiger partial charge in [-0.1, -0.05) is 24.3 Å². The van der Waals surface area contributed by atoms with Gasteiger partial charge in [0.2, 0.25) is 0 Å². The van der Waals surface area contributed by atoms with Gasteiger partial charge in [-0.15, -0.1) is 47.9 Å². The molecule has 1 aliphatic rings. The van der Waals surface area contributed by atoms with E-state index >= 15 is 17.6 Å². The molecule has 10 heteroatoms. The van der Waals surface area contributed by atoms with E-state index in [1.165, 1.54) is 26.0 Å². The second kappa shape index (κ2) is 8.97. The molecule has 0 saturated heterocycles. The molecule has 2 aromatic carbocycles. The lowest BCUT2D eigenvalue weighted by molar-refractivity contribution is -0.254. The van der Waals surface area contributed by atoms with Crippen molar-refractivity contribution in [3.63, 3.8) is 0 Å². The molecule has 2 heterocycles. The fourth-order valence-electron chi connectivity index (χ4n) is 4.43. The average Bonchev–Trinajstić information content (AvgIpc) is 3.42. The Balaban J connectivity index is 1.76. The van der Waals surface area contributed by atoms with Crippen LogP contribution in [0.3, 0.4) is 0 Å². The number of rotatable bonds is 4. The zero-order valence-electron chi connectivity index (χ0n) is 19.3. The van der Waals surface area contributed by atoms with Crippen LogP contribution in [0.25, 0.3) is 32.0 Å². The maximum absolute atomic E-state index is 15.4. The molecule has 2 aromatic heterocycles. The number of thiol groups is 2. The Bertz CT molecular complexity index is 1410. The molecule has 0 amide bonds. The Morgan fingerprint density at radius 2 is 0.892 bits per heavy atom. The Labute approximate surface area is 228 Å². The molecule has 37 heavy (non-hydrogen) atoms. The summed E-state index contributed by atoms with van der Waals surface area (Å²) in [6, 6.07) is 16.2. The molecule has 1 aliphatic carbocycles. The molecular formula is C27H18F6S4. The number of allylic oxidation sites excluding steroid dienone is 2. The van der Waals surface area contributed by atoms with Gasteiger partial charge in [-0.2, -0.15) is 26.3 Å². The summed E-state index contributed by atoms with van der Waals surface area (Å²) >= 11 is 10.6. The molecule has 192 valence electrons. The highest BCUT2D eigenvalue weighted by Gasteiger charge is 2.80. The summed E-state index contributed by atoms with van der Waals surface area (Å²) in [4.78, 5) is 2.83. The van der Waals surface area contributed by atoms with Gasteiger partial charge in [0.1, 0.15) is 0 Å². The third-order valence-electron chi connectivity index (χ3n) is 6.34. The molecular weight excluding hydrogens is 567 g/mol. The minimum Gasteiger partial charge on any atom is -0.194 e. The zero-order valence-corrected chi connectivity index (χ0v) is 22.7. The third kappa shape index (κ3) is 4.07. The second-order valence-corrected chi connectivity index (χ2v) is 12.3. The van der Waals surface area contributed by atoms with Crippen LogP contribution in [0.2, 0.25) is 0 Å². The predicted octanol–water partition coefficient (Wildman–Crippen LogP) is 10.2. The van der Waals surface area contributed by atoms with Crippen LogP contribution in [0.5, 0.6) is 0 Å². The van der Waals surface area contributed by atoms with E-state index in [2.05, 4.69) is 25.3 Å². The fraction of sp³-hybridized carbons (Fsp3) is 0.185. The van der Waals surface area contributed by atoms with E-state index in [0.717, 1.165) is 22.7 Å². The summed E-state index contributed by atoms with van der Waals surface area (Å²) in [5.74, 6) is -15.8. The number of aryl methyl sites for hydroxylation is 2. The van der Waals surface area contributed by atoms with Crippen molar-refractivity contribution in [1.29, 1.82) is 0 Å². The van der Waals surface area contributed by atoms with E-state index in [1.807, 2.05) is 0 Å². The maximum Gasteiger partial charge on any atom is 0.380 e. The topological polar surface area (TPSA) is 0 Å². The van der Waals surface area contributed by atoms with Crippen molar-refractivity contribution in [3.8, 4) is 20.9 Å². The van der Waals surface area contributed by atoms with Gasteiger partial charge in [0.15, 0.2) is 0 Å². The lowest BCUT2D eigenvalue weighted by Gasteiger charge is -2.25. The number of thiophene rings is 2. The summed E-state index contributed by atoms with van der Waals surface area (Å²) in [5, 5.41) is 0. The average molecular weight is 585 g/mol. The van der Waals surface area contributed by atoms with E-state index in [4.69, 9.17) is 0 Å². The predicted molar refractivity (Wildman–Crippen MR) is 145 cm³/mol. The molecule has 0 atom stereocenters. The van der Waals surface area contributed by atoms with E-state index in [0.29, 0.717) is 30.7 Å². The molecule has 0 nitrogen and oxygen atoms in total. The standard InChI is InChI=1S/C27H18F6S4/c1-13-19(11-21(36-13)15-3-7-17(34)8-4-15)23-24(26(30,31)27(32,33)25(23,28)29)20-12-22(37-14(20)2)16-5-9-18(35)10-6-16/h3-12,34-35H,1-2H3. The number of halogens is 6. The summed E-state index contributed by atoms with van der Waals surface area (Å²) in [5.41, 5.74) is -1.99. The van der Waals surface area contributed by atoms with Crippen LogP contribution in [0.1, 0.15) is 20.9 Å². The van der Waals surface area contributed by atoms with Crippen molar-refractivity contribution in [3.05, 3.63) is 81.5 Å². The first-order chi connectivity index (χ1) is 17.3. The first kappa shape index (κ1) is 26.5. The fourth-order valence-corrected chi connectivity index (χ4v) is 6.79. The van der Waals surface area contributed by atoms with Crippen LogP contribution in [0.4, 0.5) is 26.3 Å². The van der Waals surface area contributed by atoms with Gasteiger partial charge in [-0.3, -0.25) is 0 Å². The van der Waals surface area contributed by atoms with Gasteiger partial charge in [0.05, 0.1) is 0 Å². The van der Waals surface area contributed by atoms with Crippen molar-refractivity contribution in [2.45, 2.75) is 41.4 Å². The van der Waals surface area contributed by atoms with Gasteiger partial charge in [0.25, 0.3) is 0 Å². The van der Waals surface area contributed by atoms with Crippen molar-refractivity contribution in [2.24, 2.45) is 0 Å². The van der Waals surface area contributed by atoms with Crippen LogP contribution in [0, 0.1) is 13.8 Å². The normalized spacial score (nSPS) is 18.0. The molecule has 4 aromatic rings. The second-order valence-electron chi connectivity index (χ2n) is 8.73. The summed E-state index contributed by atoms with van der Waals surface area (Å²) in [7, 11) is 0. The minimum absolute atomic E-state index is 0.239. The summed E-state index contributed by atoms with van der Waals surface area (Å²) in [6.07, 6.45) is 0. The molecule has 0 spiro atoms. The number of alkyl halides is 6. The smallest absolute Gasteiger partial charge is 0.194 e. The van der Waals surface area contributed by atoms with Gasteiger partial charge in [-0.05, 0) is 72.5 Å². The monoisotopic (exact) mass is 584 g/mol. The first-order valence-corrected chi connectivity index (χ1v) is 13.5. The molecule has 0 fully saturated rings. The van der Waals surface area contributed by atoms with Crippen molar-refractivity contribution < 1.29 is 26.3 Å². The molecule has 0 N–H and O–H groups in total. The van der Waals surface area contributed by atoms with Crippen molar-refractivity contribution >= 4 is 59.1 Å². The highest BCUT2D eigenvalue weighted by molar-refractivity contribution is 7.80. The van der Waals surface area contributed by atoms with Crippen LogP contribution >= 0.6 is 47.9 Å². The van der Waals surface area contributed by atoms with E-state index in [9.17, 15) is 8.78 Å². The van der Waals surface area contributed by atoms with E-state index < -0.39 is 28.9 Å². The molecule has 0 aliphatic heterocycles. The third-order valence-corrected chi connectivity index (χ3v) is 9.14. The quantitative estimate of drug-likeness (QED) is 0.173. The van der Waals surface area contributed by atoms with Gasteiger partial charge >= 0.3 is 17.8 Å². The minimum atomic E-state index is -5.60. The zero-order chi connectivity index (χ0) is 26.9. The lowest BCUT2D eigenvalue weighted by atomic mass is 9.94. The van der Waals surface area contributed by atoms with E-state index in [-0.39, 0.29) is 20.9 Å². The molecule has 0 radical (unpaired) electrons.